The summed E-state index contributed by atoms with van der Waals surface area (Å²) in [7, 11) is 0. The third-order valence-electron chi connectivity index (χ3n) is 3.22. The molecule has 124 valence electrons. The molecule has 24 heavy (non-hydrogen) atoms. The Balaban J connectivity index is 1.91. The van der Waals surface area contributed by atoms with Crippen LogP contribution in [0.2, 0.25) is 5.15 Å². The smallest absolute Gasteiger partial charge is 0.253 e. The zero-order chi connectivity index (χ0) is 17.3. The highest BCUT2D eigenvalue weighted by Gasteiger charge is 2.20. The van der Waals surface area contributed by atoms with E-state index in [1.807, 2.05) is 0 Å². The number of nitrogens with one attached hydrogen (secondary N) is 1. The molecule has 0 atom stereocenters. The Hall–Kier alpha value is -2.51. The van der Waals surface area contributed by atoms with E-state index in [0.717, 1.165) is 0 Å². The lowest BCUT2D eigenvalue weighted by Gasteiger charge is -2.13. The van der Waals surface area contributed by atoms with Crippen LogP contribution in [0.4, 0.5) is 15.9 Å². The first kappa shape index (κ1) is 16.4. The van der Waals surface area contributed by atoms with Crippen LogP contribution in [-0.2, 0) is 5.60 Å². The quantitative estimate of drug-likeness (QED) is 0.707. The molecule has 0 radical (unpaired) electrons. The highest BCUT2D eigenvalue weighted by Crippen LogP contribution is 2.21. The van der Waals surface area contributed by atoms with Gasteiger partial charge < -0.3 is 10.4 Å². The predicted octanol–water partition coefficient (Wildman–Crippen LogP) is 3.43. The molecule has 3 aromatic rings. The monoisotopic (exact) mass is 347 g/mol. The number of halogens is 2. The van der Waals surface area contributed by atoms with Crippen molar-refractivity contribution in [3.63, 3.8) is 0 Å². The number of anilines is 2. The lowest BCUT2D eigenvalue weighted by Crippen LogP contribution is -2.17. The Morgan fingerprint density at radius 3 is 2.50 bits per heavy atom. The van der Waals surface area contributed by atoms with E-state index in [1.165, 1.54) is 16.8 Å². The first-order valence-corrected chi connectivity index (χ1v) is 7.55. The Morgan fingerprint density at radius 1 is 1.17 bits per heavy atom. The molecule has 0 aliphatic carbocycles. The Labute approximate surface area is 142 Å². The van der Waals surface area contributed by atoms with Crippen molar-refractivity contribution in [3.8, 4) is 5.95 Å². The lowest BCUT2D eigenvalue weighted by atomic mass is 10.1. The first-order chi connectivity index (χ1) is 11.3. The van der Waals surface area contributed by atoms with Crippen LogP contribution in [0.1, 0.15) is 19.5 Å². The van der Waals surface area contributed by atoms with Crippen LogP contribution in [0.25, 0.3) is 5.95 Å². The van der Waals surface area contributed by atoms with E-state index < -0.39 is 5.60 Å². The molecule has 0 aliphatic heterocycles. The van der Waals surface area contributed by atoms with E-state index >= 15 is 0 Å². The van der Waals surface area contributed by atoms with Gasteiger partial charge in [-0.05, 0) is 44.2 Å². The van der Waals surface area contributed by atoms with Crippen molar-refractivity contribution < 1.29 is 9.50 Å². The standard InChI is InChI=1S/C16H15ClFN5O/c1-16(2,24)12-7-8-23(22-12)15-20-13(17)9-14(21-15)19-11-5-3-10(18)4-6-11/h3-9,24H,1-2H3,(H,19,20,21). The van der Waals surface area contributed by atoms with Crippen molar-refractivity contribution in [2.24, 2.45) is 0 Å². The van der Waals surface area contributed by atoms with E-state index in [9.17, 15) is 9.50 Å². The van der Waals surface area contributed by atoms with Gasteiger partial charge in [-0.15, -0.1) is 0 Å². The topological polar surface area (TPSA) is 75.9 Å². The molecule has 0 amide bonds. The summed E-state index contributed by atoms with van der Waals surface area (Å²) in [5.74, 6) is 0.372. The molecule has 0 fully saturated rings. The summed E-state index contributed by atoms with van der Waals surface area (Å²) in [6.07, 6.45) is 1.64. The van der Waals surface area contributed by atoms with Crippen molar-refractivity contribution >= 4 is 23.1 Å². The molecule has 2 aromatic heterocycles. The fraction of sp³-hybridized carbons (Fsp3) is 0.188. The molecule has 6 nitrogen and oxygen atoms in total. The zero-order valence-electron chi connectivity index (χ0n) is 13.0. The number of nitrogens with zero attached hydrogens (tertiary/aromatic N) is 4. The third-order valence-corrected chi connectivity index (χ3v) is 3.41. The second-order valence-corrected chi connectivity index (χ2v) is 6.10. The van der Waals surface area contributed by atoms with Gasteiger partial charge >= 0.3 is 0 Å². The van der Waals surface area contributed by atoms with Crippen LogP contribution in [0.15, 0.2) is 42.6 Å². The van der Waals surface area contributed by atoms with Crippen molar-refractivity contribution in [2.45, 2.75) is 19.4 Å². The number of hydrogen-bond acceptors (Lipinski definition) is 5. The number of benzene rings is 1. The number of aliphatic hydroxyl groups is 1. The molecule has 2 N–H and O–H groups in total. The lowest BCUT2D eigenvalue weighted by molar-refractivity contribution is 0.0734. The second-order valence-electron chi connectivity index (χ2n) is 5.71. The molecular formula is C16H15ClFN5O. The molecule has 2 heterocycles. The van der Waals surface area contributed by atoms with Crippen molar-refractivity contribution in [1.29, 1.82) is 0 Å². The predicted molar refractivity (Wildman–Crippen MR) is 89.1 cm³/mol. The summed E-state index contributed by atoms with van der Waals surface area (Å²) in [6, 6.07) is 9.09. The number of rotatable bonds is 4. The molecule has 1 aromatic carbocycles. The van der Waals surface area contributed by atoms with Gasteiger partial charge in [0.05, 0.1) is 5.69 Å². The zero-order valence-corrected chi connectivity index (χ0v) is 13.8. The second kappa shape index (κ2) is 6.18. The van der Waals surface area contributed by atoms with Crippen LogP contribution >= 0.6 is 11.6 Å². The average Bonchev–Trinajstić information content (AvgIpc) is 2.99. The van der Waals surface area contributed by atoms with Gasteiger partial charge in [0.15, 0.2) is 0 Å². The van der Waals surface area contributed by atoms with Crippen LogP contribution in [0.3, 0.4) is 0 Å². The van der Waals surface area contributed by atoms with Gasteiger partial charge in [0, 0.05) is 18.0 Å². The van der Waals surface area contributed by atoms with E-state index in [-0.39, 0.29) is 16.9 Å². The first-order valence-electron chi connectivity index (χ1n) is 7.17. The SMILES string of the molecule is CC(C)(O)c1ccn(-c2nc(Cl)cc(Nc3ccc(F)cc3)n2)n1. The summed E-state index contributed by atoms with van der Waals surface area (Å²) >= 11 is 6.05. The van der Waals surface area contributed by atoms with Gasteiger partial charge in [0.2, 0.25) is 0 Å². The Kier molecular flexibility index (Phi) is 4.21. The van der Waals surface area contributed by atoms with E-state index in [1.54, 1.807) is 44.3 Å². The summed E-state index contributed by atoms with van der Waals surface area (Å²) in [5.41, 5.74) is 0.0767. The minimum Gasteiger partial charge on any atom is -0.384 e. The molecule has 8 heteroatoms. The summed E-state index contributed by atoms with van der Waals surface area (Å²) in [4.78, 5) is 8.46. The molecule has 0 aliphatic rings. The van der Waals surface area contributed by atoms with Crippen LogP contribution in [-0.4, -0.2) is 24.9 Å². The molecule has 3 rings (SSSR count). The van der Waals surface area contributed by atoms with Gasteiger partial charge in [0.25, 0.3) is 5.95 Å². The van der Waals surface area contributed by atoms with Gasteiger partial charge in [-0.3, -0.25) is 0 Å². The minimum atomic E-state index is -1.07. The summed E-state index contributed by atoms with van der Waals surface area (Å²) < 4.78 is 14.4. The molecule has 0 spiro atoms. The Bertz CT molecular complexity index is 858. The van der Waals surface area contributed by atoms with Crippen molar-refractivity contribution in [3.05, 3.63) is 59.3 Å². The van der Waals surface area contributed by atoms with Gasteiger partial charge in [-0.2, -0.15) is 15.1 Å². The normalized spacial score (nSPS) is 11.5. The maximum absolute atomic E-state index is 13.0. The van der Waals surface area contributed by atoms with Gasteiger partial charge in [0.1, 0.15) is 22.4 Å². The molecule has 0 unspecified atom stereocenters. The van der Waals surface area contributed by atoms with Crippen LogP contribution in [0.5, 0.6) is 0 Å². The largest absolute Gasteiger partial charge is 0.384 e. The average molecular weight is 348 g/mol. The number of hydrogen-bond donors (Lipinski definition) is 2. The van der Waals surface area contributed by atoms with Gasteiger partial charge in [-0.25, -0.2) is 9.07 Å². The summed E-state index contributed by atoms with van der Waals surface area (Å²) in [6.45, 7) is 3.28. The maximum atomic E-state index is 13.0. The van der Waals surface area contributed by atoms with E-state index in [0.29, 0.717) is 17.2 Å². The fourth-order valence-electron chi connectivity index (χ4n) is 2.01. The Morgan fingerprint density at radius 2 is 1.88 bits per heavy atom. The third kappa shape index (κ3) is 3.69. The van der Waals surface area contributed by atoms with Crippen molar-refractivity contribution in [2.75, 3.05) is 5.32 Å². The van der Waals surface area contributed by atoms with E-state index in [4.69, 9.17) is 11.6 Å². The van der Waals surface area contributed by atoms with Crippen LogP contribution in [0, 0.1) is 5.82 Å². The molecular weight excluding hydrogens is 333 g/mol. The highest BCUT2D eigenvalue weighted by molar-refractivity contribution is 6.29. The van der Waals surface area contributed by atoms with Crippen LogP contribution < -0.4 is 5.32 Å². The summed E-state index contributed by atoms with van der Waals surface area (Å²) in [5, 5.41) is 17.5. The van der Waals surface area contributed by atoms with E-state index in [2.05, 4.69) is 20.4 Å². The number of aromatic nitrogens is 4. The minimum absolute atomic E-state index is 0.227. The maximum Gasteiger partial charge on any atom is 0.253 e. The molecule has 0 saturated heterocycles. The molecule has 0 bridgehead atoms. The highest BCUT2D eigenvalue weighted by atomic mass is 35.5. The molecule has 0 saturated carbocycles. The van der Waals surface area contributed by atoms with Crippen molar-refractivity contribution in [1.82, 2.24) is 19.7 Å². The van der Waals surface area contributed by atoms with Gasteiger partial charge in [-0.1, -0.05) is 11.6 Å². The fourth-order valence-corrected chi connectivity index (χ4v) is 2.19.